The summed E-state index contributed by atoms with van der Waals surface area (Å²) in [5.41, 5.74) is 16.2. The van der Waals surface area contributed by atoms with E-state index in [2.05, 4.69) is 14.8 Å². The first-order valence-electron chi connectivity index (χ1n) is 9.12. The summed E-state index contributed by atoms with van der Waals surface area (Å²) in [5, 5.41) is 6.25. The highest BCUT2D eigenvalue weighted by atomic mass is 32.2. The third-order valence-electron chi connectivity index (χ3n) is 4.16. The third-order valence-corrected chi connectivity index (χ3v) is 5.33. The summed E-state index contributed by atoms with van der Waals surface area (Å²) in [6, 6.07) is 11.0. The van der Waals surface area contributed by atoms with Gasteiger partial charge in [0.05, 0.1) is 35.1 Å². The standard InChI is InChI=1S/C18H26N4O6S2/c19-15-5-3-13(11-17(15)21-7-1-9-28-29(23)24)14-4-6-16(20)18(12-14)22-8-2-10-30(25,26)27/h3-6,11-12,21-22H,1-2,7-10,19-20H2,(H,23,24)(H,25,26,27). The highest BCUT2D eigenvalue weighted by molar-refractivity contribution is 7.85. The summed E-state index contributed by atoms with van der Waals surface area (Å²) < 4.78 is 54.0. The van der Waals surface area contributed by atoms with Crippen LogP contribution in [0, 0.1) is 0 Å². The summed E-state index contributed by atoms with van der Waals surface area (Å²) >= 11 is -2.27. The second kappa shape index (κ2) is 11.1. The van der Waals surface area contributed by atoms with E-state index in [1.165, 1.54) is 0 Å². The van der Waals surface area contributed by atoms with Crippen molar-refractivity contribution in [1.29, 1.82) is 0 Å². The van der Waals surface area contributed by atoms with Gasteiger partial charge in [0.2, 0.25) is 0 Å². The number of rotatable bonds is 12. The average Bonchev–Trinajstić information content (AvgIpc) is 2.66. The number of nitrogen functional groups attached to an aromatic ring is 2. The maximum absolute atomic E-state index is 10.8. The molecule has 0 spiro atoms. The van der Waals surface area contributed by atoms with E-state index in [9.17, 15) is 12.6 Å². The molecule has 1 unspecified atom stereocenters. The zero-order valence-electron chi connectivity index (χ0n) is 16.2. The molecule has 10 nitrogen and oxygen atoms in total. The molecule has 0 aliphatic heterocycles. The Kier molecular flexibility index (Phi) is 8.87. The minimum absolute atomic E-state index is 0.139. The maximum Gasteiger partial charge on any atom is 0.301 e. The van der Waals surface area contributed by atoms with Gasteiger partial charge < -0.3 is 22.1 Å². The Morgan fingerprint density at radius 3 is 1.90 bits per heavy atom. The second-order valence-corrected chi connectivity index (χ2v) is 8.73. The highest BCUT2D eigenvalue weighted by Crippen LogP contribution is 2.31. The van der Waals surface area contributed by atoms with Crippen LogP contribution in [0.1, 0.15) is 12.8 Å². The molecule has 0 saturated carbocycles. The van der Waals surface area contributed by atoms with Crippen molar-refractivity contribution in [3.8, 4) is 11.1 Å². The maximum atomic E-state index is 10.8. The van der Waals surface area contributed by atoms with E-state index in [-0.39, 0.29) is 18.8 Å². The quantitative estimate of drug-likeness (QED) is 0.119. The molecule has 0 saturated heterocycles. The smallest absolute Gasteiger partial charge is 0.301 e. The SMILES string of the molecule is Nc1ccc(-c2ccc(N)c(NCCCS(=O)(=O)O)c2)cc1NCCCOS(=O)O. The van der Waals surface area contributed by atoms with Gasteiger partial charge in [0.1, 0.15) is 0 Å². The Hall–Kier alpha value is -2.38. The average molecular weight is 459 g/mol. The van der Waals surface area contributed by atoms with Crippen molar-refractivity contribution < 1.29 is 25.9 Å². The summed E-state index contributed by atoms with van der Waals surface area (Å²) in [6.07, 6.45) is 0.765. The van der Waals surface area contributed by atoms with E-state index >= 15 is 0 Å². The van der Waals surface area contributed by atoms with Crippen LogP contribution >= 0.6 is 0 Å². The first kappa shape index (κ1) is 23.9. The molecular formula is C18H26N4O6S2. The molecule has 166 valence electrons. The van der Waals surface area contributed by atoms with Crippen molar-refractivity contribution >= 4 is 44.2 Å². The third kappa shape index (κ3) is 8.16. The Balaban J connectivity index is 2.04. The van der Waals surface area contributed by atoms with Gasteiger partial charge in [0.15, 0.2) is 0 Å². The first-order valence-corrected chi connectivity index (χ1v) is 11.8. The Bertz CT molecular complexity index is 985. The van der Waals surface area contributed by atoms with Crippen LogP contribution in [0.3, 0.4) is 0 Å². The van der Waals surface area contributed by atoms with E-state index in [1.54, 1.807) is 12.1 Å². The predicted molar refractivity (Wildman–Crippen MR) is 120 cm³/mol. The second-order valence-electron chi connectivity index (χ2n) is 6.49. The van der Waals surface area contributed by atoms with Crippen LogP contribution in [-0.2, 0) is 25.7 Å². The van der Waals surface area contributed by atoms with Crippen LogP contribution in [0.25, 0.3) is 11.1 Å². The molecule has 2 rings (SSSR count). The summed E-state index contributed by atoms with van der Waals surface area (Å²) in [6.45, 7) is 0.982. The first-order chi connectivity index (χ1) is 14.2. The fraction of sp³-hybridized carbons (Fsp3) is 0.333. The predicted octanol–water partition coefficient (Wildman–Crippen LogP) is 2.16. The summed E-state index contributed by atoms with van der Waals surface area (Å²) in [5.74, 6) is -0.328. The Morgan fingerprint density at radius 1 is 0.933 bits per heavy atom. The van der Waals surface area contributed by atoms with Gasteiger partial charge in [-0.2, -0.15) is 12.6 Å². The minimum Gasteiger partial charge on any atom is -0.397 e. The number of hydrogen-bond donors (Lipinski definition) is 6. The van der Waals surface area contributed by atoms with Gasteiger partial charge in [0.25, 0.3) is 10.1 Å². The van der Waals surface area contributed by atoms with Crippen molar-refractivity contribution in [3.63, 3.8) is 0 Å². The zero-order chi connectivity index (χ0) is 22.1. The topological polar surface area (TPSA) is 177 Å². The normalized spacial score (nSPS) is 12.5. The van der Waals surface area contributed by atoms with Gasteiger partial charge in [-0.1, -0.05) is 12.1 Å². The minimum atomic E-state index is -3.99. The van der Waals surface area contributed by atoms with Crippen molar-refractivity contribution in [2.75, 3.05) is 47.6 Å². The molecule has 0 aliphatic rings. The van der Waals surface area contributed by atoms with Gasteiger partial charge in [-0.3, -0.25) is 13.3 Å². The molecule has 0 bridgehead atoms. The molecule has 2 aromatic carbocycles. The van der Waals surface area contributed by atoms with E-state index in [0.717, 1.165) is 16.8 Å². The lowest BCUT2D eigenvalue weighted by Crippen LogP contribution is -2.11. The molecule has 8 N–H and O–H groups in total. The molecule has 0 amide bonds. The molecule has 2 aromatic rings. The molecule has 0 fully saturated rings. The van der Waals surface area contributed by atoms with Crippen LogP contribution in [0.4, 0.5) is 22.7 Å². The lowest BCUT2D eigenvalue weighted by Gasteiger charge is -2.14. The number of benzene rings is 2. The number of anilines is 4. The number of hydrogen-bond acceptors (Lipinski definition) is 8. The largest absolute Gasteiger partial charge is 0.397 e. The van der Waals surface area contributed by atoms with Gasteiger partial charge >= 0.3 is 11.4 Å². The van der Waals surface area contributed by atoms with Crippen molar-refractivity contribution in [2.45, 2.75) is 12.8 Å². The number of nitrogens with two attached hydrogens (primary N) is 2. The van der Waals surface area contributed by atoms with E-state index in [0.29, 0.717) is 36.6 Å². The molecule has 0 radical (unpaired) electrons. The van der Waals surface area contributed by atoms with Gasteiger partial charge in [-0.15, -0.1) is 0 Å². The van der Waals surface area contributed by atoms with Crippen LogP contribution in [0.5, 0.6) is 0 Å². The summed E-state index contributed by atoms with van der Waals surface area (Å²) in [4.78, 5) is 0. The fourth-order valence-corrected chi connectivity index (χ4v) is 3.45. The van der Waals surface area contributed by atoms with Crippen LogP contribution in [-0.4, -0.2) is 47.2 Å². The highest BCUT2D eigenvalue weighted by Gasteiger charge is 2.08. The van der Waals surface area contributed by atoms with E-state index < -0.39 is 21.5 Å². The monoisotopic (exact) mass is 458 g/mol. The molecule has 0 aliphatic carbocycles. The molecule has 12 heteroatoms. The van der Waals surface area contributed by atoms with Crippen molar-refractivity contribution in [1.82, 2.24) is 0 Å². The molecule has 0 aromatic heterocycles. The molecule has 30 heavy (non-hydrogen) atoms. The van der Waals surface area contributed by atoms with E-state index in [4.69, 9.17) is 20.6 Å². The van der Waals surface area contributed by atoms with Crippen molar-refractivity contribution in [3.05, 3.63) is 36.4 Å². The molecular weight excluding hydrogens is 432 g/mol. The van der Waals surface area contributed by atoms with Gasteiger partial charge in [-0.25, -0.2) is 0 Å². The lowest BCUT2D eigenvalue weighted by atomic mass is 10.0. The van der Waals surface area contributed by atoms with Crippen LogP contribution < -0.4 is 22.1 Å². The zero-order valence-corrected chi connectivity index (χ0v) is 17.8. The van der Waals surface area contributed by atoms with Crippen LogP contribution in [0.2, 0.25) is 0 Å². The Morgan fingerprint density at radius 2 is 1.43 bits per heavy atom. The van der Waals surface area contributed by atoms with Gasteiger partial charge in [-0.05, 0) is 48.2 Å². The Labute approximate surface area is 178 Å². The lowest BCUT2D eigenvalue weighted by molar-refractivity contribution is 0.305. The van der Waals surface area contributed by atoms with Crippen molar-refractivity contribution in [2.24, 2.45) is 0 Å². The number of nitrogens with one attached hydrogen (secondary N) is 2. The summed E-state index contributed by atoms with van der Waals surface area (Å²) in [7, 11) is -3.99. The van der Waals surface area contributed by atoms with E-state index in [1.807, 2.05) is 24.3 Å². The van der Waals surface area contributed by atoms with Gasteiger partial charge in [0, 0.05) is 13.1 Å². The molecule has 1 atom stereocenters. The fourth-order valence-electron chi connectivity index (χ4n) is 2.68. The van der Waals surface area contributed by atoms with Crippen LogP contribution in [0.15, 0.2) is 36.4 Å². The molecule has 0 heterocycles.